The smallest absolute Gasteiger partial charge is 0.259 e. The van der Waals surface area contributed by atoms with E-state index >= 15 is 0 Å². The quantitative estimate of drug-likeness (QED) is 0.712. The molecule has 0 aliphatic heterocycles. The van der Waals surface area contributed by atoms with Crippen molar-refractivity contribution in [2.45, 2.75) is 4.90 Å². The van der Waals surface area contributed by atoms with E-state index in [1.54, 1.807) is 42.5 Å². The Hall–Kier alpha value is -1.94. The zero-order chi connectivity index (χ0) is 12.3. The lowest BCUT2D eigenvalue weighted by molar-refractivity contribution is 0.102. The zero-order valence-corrected chi connectivity index (χ0v) is 9.82. The fraction of sp³-hybridized carbons (Fsp3) is 0. The average molecular weight is 245 g/mol. The Morgan fingerprint density at radius 2 is 1.71 bits per heavy atom. The van der Waals surface area contributed by atoms with Crippen LogP contribution < -0.4 is 5.32 Å². The Morgan fingerprint density at radius 3 is 2.35 bits per heavy atom. The second-order valence-corrected chi connectivity index (χ2v) is 4.03. The summed E-state index contributed by atoms with van der Waals surface area (Å²) in [5.74, 6) is -0.370. The fourth-order valence-corrected chi connectivity index (χ4v) is 1.56. The second kappa shape index (κ2) is 4.93. The number of para-hydroxylation sites is 1. The maximum atomic E-state index is 11.8. The highest BCUT2D eigenvalue weighted by atomic mass is 32.1. The number of phenols is 1. The summed E-state index contributed by atoms with van der Waals surface area (Å²) < 4.78 is 0. The van der Waals surface area contributed by atoms with Gasteiger partial charge >= 0.3 is 0 Å². The van der Waals surface area contributed by atoms with Gasteiger partial charge in [-0.1, -0.05) is 12.1 Å². The van der Waals surface area contributed by atoms with E-state index < -0.39 is 0 Å². The highest BCUT2D eigenvalue weighted by Gasteiger charge is 2.09. The Bertz CT molecular complexity index is 537. The van der Waals surface area contributed by atoms with Crippen LogP contribution in [0.2, 0.25) is 0 Å². The number of carbonyl (C=O) groups is 1. The number of hydrogen-bond acceptors (Lipinski definition) is 3. The minimum absolute atomic E-state index is 0.0317. The third-order valence-corrected chi connectivity index (χ3v) is 2.57. The van der Waals surface area contributed by atoms with Gasteiger partial charge in [-0.05, 0) is 36.4 Å². The van der Waals surface area contributed by atoms with Crippen molar-refractivity contribution in [1.82, 2.24) is 0 Å². The number of aromatic hydroxyl groups is 1. The van der Waals surface area contributed by atoms with Crippen LogP contribution in [-0.4, -0.2) is 11.0 Å². The number of thiol groups is 1. The highest BCUT2D eigenvalue weighted by Crippen LogP contribution is 2.18. The third kappa shape index (κ3) is 2.79. The second-order valence-electron chi connectivity index (χ2n) is 3.52. The molecule has 17 heavy (non-hydrogen) atoms. The molecular weight excluding hydrogens is 234 g/mol. The van der Waals surface area contributed by atoms with Gasteiger partial charge in [0.15, 0.2) is 0 Å². The van der Waals surface area contributed by atoms with Crippen molar-refractivity contribution < 1.29 is 9.90 Å². The maximum absolute atomic E-state index is 11.8. The van der Waals surface area contributed by atoms with Crippen LogP contribution in [-0.2, 0) is 0 Å². The Morgan fingerprint density at radius 1 is 1.06 bits per heavy atom. The molecule has 0 unspecified atom stereocenters. The predicted octanol–water partition coefficient (Wildman–Crippen LogP) is 2.93. The molecule has 0 aliphatic rings. The van der Waals surface area contributed by atoms with Crippen molar-refractivity contribution in [3.05, 3.63) is 54.1 Å². The van der Waals surface area contributed by atoms with Gasteiger partial charge in [0, 0.05) is 10.6 Å². The lowest BCUT2D eigenvalue weighted by Crippen LogP contribution is -2.11. The average Bonchev–Trinajstić information content (AvgIpc) is 2.32. The van der Waals surface area contributed by atoms with Crippen LogP contribution >= 0.6 is 12.6 Å². The molecule has 0 radical (unpaired) electrons. The molecule has 3 nitrogen and oxygen atoms in total. The summed E-state index contributed by atoms with van der Waals surface area (Å²) in [5, 5.41) is 12.2. The summed E-state index contributed by atoms with van der Waals surface area (Å²) in [6, 6.07) is 13.5. The molecule has 0 saturated heterocycles. The molecule has 2 rings (SSSR count). The predicted molar refractivity (Wildman–Crippen MR) is 69.8 cm³/mol. The minimum Gasteiger partial charge on any atom is -0.507 e. The van der Waals surface area contributed by atoms with Gasteiger partial charge in [0.05, 0.1) is 5.56 Å². The SMILES string of the molecule is O=C(Nc1ccc(S)cc1)c1ccccc1O. The first-order valence-corrected chi connectivity index (χ1v) is 5.50. The summed E-state index contributed by atoms with van der Waals surface area (Å²) in [6.45, 7) is 0. The van der Waals surface area contributed by atoms with Gasteiger partial charge in [-0.25, -0.2) is 0 Å². The van der Waals surface area contributed by atoms with Crippen LogP contribution in [0.25, 0.3) is 0 Å². The fourth-order valence-electron chi connectivity index (χ4n) is 1.41. The van der Waals surface area contributed by atoms with Gasteiger partial charge in [0.2, 0.25) is 0 Å². The highest BCUT2D eigenvalue weighted by molar-refractivity contribution is 7.80. The van der Waals surface area contributed by atoms with Crippen LogP contribution in [0.1, 0.15) is 10.4 Å². The molecule has 2 aromatic rings. The summed E-state index contributed by atoms with van der Waals surface area (Å²) in [5.41, 5.74) is 0.915. The van der Waals surface area contributed by atoms with E-state index in [9.17, 15) is 9.90 Å². The first-order valence-electron chi connectivity index (χ1n) is 5.05. The summed E-state index contributed by atoms with van der Waals surface area (Å²) >= 11 is 4.16. The molecule has 0 saturated carbocycles. The van der Waals surface area contributed by atoms with Gasteiger partial charge in [0.1, 0.15) is 5.75 Å². The lowest BCUT2D eigenvalue weighted by Gasteiger charge is -2.06. The molecule has 0 spiro atoms. The van der Waals surface area contributed by atoms with Crippen molar-refractivity contribution in [2.75, 3.05) is 5.32 Å². The third-order valence-electron chi connectivity index (χ3n) is 2.27. The first kappa shape index (κ1) is 11.5. The molecule has 2 N–H and O–H groups in total. The lowest BCUT2D eigenvalue weighted by atomic mass is 10.2. The van der Waals surface area contributed by atoms with E-state index in [0.717, 1.165) is 4.90 Å². The van der Waals surface area contributed by atoms with Crippen molar-refractivity contribution >= 4 is 24.2 Å². The molecule has 0 aromatic heterocycles. The Balaban J connectivity index is 2.17. The number of hydrogen-bond donors (Lipinski definition) is 3. The Kier molecular flexibility index (Phi) is 3.35. The first-order chi connectivity index (χ1) is 8.16. The summed E-state index contributed by atoms with van der Waals surface area (Å²) in [7, 11) is 0. The largest absolute Gasteiger partial charge is 0.507 e. The van der Waals surface area contributed by atoms with Crippen LogP contribution in [0.15, 0.2) is 53.4 Å². The topological polar surface area (TPSA) is 49.3 Å². The van der Waals surface area contributed by atoms with Crippen LogP contribution in [0.5, 0.6) is 5.75 Å². The normalized spacial score (nSPS) is 9.94. The molecule has 0 atom stereocenters. The summed E-state index contributed by atoms with van der Waals surface area (Å²) in [6.07, 6.45) is 0. The van der Waals surface area contributed by atoms with Gasteiger partial charge < -0.3 is 10.4 Å². The van der Waals surface area contributed by atoms with Crippen LogP contribution in [0, 0.1) is 0 Å². The zero-order valence-electron chi connectivity index (χ0n) is 8.92. The number of phenolic OH excluding ortho intramolecular Hbond substituents is 1. The van der Waals surface area contributed by atoms with Crippen LogP contribution in [0.4, 0.5) is 5.69 Å². The molecule has 0 aliphatic carbocycles. The monoisotopic (exact) mass is 245 g/mol. The molecular formula is C13H11NO2S. The van der Waals surface area contributed by atoms with Crippen molar-refractivity contribution in [1.29, 1.82) is 0 Å². The number of rotatable bonds is 2. The number of benzene rings is 2. The molecule has 4 heteroatoms. The van der Waals surface area contributed by atoms with E-state index in [2.05, 4.69) is 17.9 Å². The molecule has 0 heterocycles. The van der Waals surface area contributed by atoms with Crippen molar-refractivity contribution in [2.24, 2.45) is 0 Å². The van der Waals surface area contributed by atoms with E-state index in [0.29, 0.717) is 5.69 Å². The van der Waals surface area contributed by atoms with Gasteiger partial charge in [-0.2, -0.15) is 0 Å². The molecule has 0 bridgehead atoms. The summed E-state index contributed by atoms with van der Waals surface area (Å²) in [4.78, 5) is 12.7. The van der Waals surface area contributed by atoms with E-state index in [1.165, 1.54) is 6.07 Å². The van der Waals surface area contributed by atoms with Gasteiger partial charge in [-0.3, -0.25) is 4.79 Å². The van der Waals surface area contributed by atoms with Gasteiger partial charge in [0.25, 0.3) is 5.91 Å². The number of anilines is 1. The molecule has 86 valence electrons. The minimum atomic E-state index is -0.338. The molecule has 1 amide bonds. The maximum Gasteiger partial charge on any atom is 0.259 e. The Labute approximate surface area is 105 Å². The molecule has 0 fully saturated rings. The van der Waals surface area contributed by atoms with E-state index in [-0.39, 0.29) is 17.2 Å². The molecule has 2 aromatic carbocycles. The van der Waals surface area contributed by atoms with E-state index in [4.69, 9.17) is 0 Å². The van der Waals surface area contributed by atoms with Crippen molar-refractivity contribution in [3.63, 3.8) is 0 Å². The van der Waals surface area contributed by atoms with E-state index in [1.807, 2.05) is 0 Å². The standard InChI is InChI=1S/C13H11NO2S/c15-12-4-2-1-3-11(12)13(16)14-9-5-7-10(17)8-6-9/h1-8,15,17H,(H,14,16). The number of amides is 1. The van der Waals surface area contributed by atoms with Crippen LogP contribution in [0.3, 0.4) is 0 Å². The van der Waals surface area contributed by atoms with Crippen molar-refractivity contribution in [3.8, 4) is 5.75 Å². The number of nitrogens with one attached hydrogen (secondary N) is 1. The van der Waals surface area contributed by atoms with Gasteiger partial charge in [-0.15, -0.1) is 12.6 Å². The number of carbonyl (C=O) groups excluding carboxylic acids is 1.